The van der Waals surface area contributed by atoms with Gasteiger partial charge in [-0.3, -0.25) is 4.99 Å². The number of aliphatic imine (C=N–C) groups is 1. The maximum atomic E-state index is 4.49. The lowest BCUT2D eigenvalue weighted by molar-refractivity contribution is 0.665. The van der Waals surface area contributed by atoms with Crippen LogP contribution in [0.1, 0.15) is 52.4 Å². The summed E-state index contributed by atoms with van der Waals surface area (Å²) in [5, 5.41) is 6.68. The van der Waals surface area contributed by atoms with Crippen LogP contribution in [0.3, 0.4) is 0 Å². The summed E-state index contributed by atoms with van der Waals surface area (Å²) < 4.78 is 0. The molecule has 0 atom stereocenters. The fraction of sp³-hybridized carbons (Fsp3) is 0.786. The Kier molecular flexibility index (Phi) is 7.52. The van der Waals surface area contributed by atoms with Gasteiger partial charge in [-0.05, 0) is 45.4 Å². The third-order valence-corrected chi connectivity index (χ3v) is 2.96. The molecule has 0 heterocycles. The molecule has 0 spiro atoms. The van der Waals surface area contributed by atoms with Crippen molar-refractivity contribution < 1.29 is 0 Å². The number of rotatable bonds is 6. The Balaban J connectivity index is 2.23. The molecule has 17 heavy (non-hydrogen) atoms. The quantitative estimate of drug-likeness (QED) is 0.423. The zero-order valence-corrected chi connectivity index (χ0v) is 11.4. The predicted octanol–water partition coefficient (Wildman–Crippen LogP) is 2.84. The Morgan fingerprint density at radius 2 is 2.18 bits per heavy atom. The summed E-state index contributed by atoms with van der Waals surface area (Å²) in [5.41, 5.74) is 1.62. The second-order valence-corrected chi connectivity index (χ2v) is 4.55. The molecule has 0 saturated heterocycles. The summed E-state index contributed by atoms with van der Waals surface area (Å²) in [4.78, 5) is 4.49. The Labute approximate surface area is 106 Å². The van der Waals surface area contributed by atoms with Crippen molar-refractivity contribution in [2.75, 3.05) is 19.6 Å². The van der Waals surface area contributed by atoms with E-state index >= 15 is 0 Å². The number of nitrogens with one attached hydrogen (secondary N) is 2. The fourth-order valence-electron chi connectivity index (χ4n) is 2.04. The van der Waals surface area contributed by atoms with Crippen LogP contribution in [0.15, 0.2) is 16.6 Å². The summed E-state index contributed by atoms with van der Waals surface area (Å²) in [7, 11) is 0. The number of guanidine groups is 1. The van der Waals surface area contributed by atoms with Gasteiger partial charge in [-0.15, -0.1) is 0 Å². The molecule has 0 unspecified atom stereocenters. The van der Waals surface area contributed by atoms with E-state index in [1.165, 1.54) is 25.7 Å². The highest BCUT2D eigenvalue weighted by atomic mass is 15.2. The molecular formula is C14H27N3. The summed E-state index contributed by atoms with van der Waals surface area (Å²) in [6, 6.07) is 0. The molecule has 2 N–H and O–H groups in total. The lowest BCUT2D eigenvalue weighted by Gasteiger charge is -2.15. The Bertz CT molecular complexity index is 256. The van der Waals surface area contributed by atoms with Crippen LogP contribution in [-0.2, 0) is 0 Å². The van der Waals surface area contributed by atoms with Crippen LogP contribution in [0.25, 0.3) is 0 Å². The van der Waals surface area contributed by atoms with Crippen LogP contribution >= 0.6 is 0 Å². The minimum Gasteiger partial charge on any atom is -0.357 e. The topological polar surface area (TPSA) is 36.4 Å². The van der Waals surface area contributed by atoms with Crippen molar-refractivity contribution in [1.29, 1.82) is 0 Å². The smallest absolute Gasteiger partial charge is 0.191 e. The zero-order valence-electron chi connectivity index (χ0n) is 11.4. The maximum Gasteiger partial charge on any atom is 0.191 e. The molecule has 3 nitrogen and oxygen atoms in total. The molecule has 1 rings (SSSR count). The van der Waals surface area contributed by atoms with Gasteiger partial charge in [0.2, 0.25) is 0 Å². The van der Waals surface area contributed by atoms with E-state index in [2.05, 4.69) is 35.5 Å². The number of hydrogen-bond acceptors (Lipinski definition) is 1. The van der Waals surface area contributed by atoms with Gasteiger partial charge < -0.3 is 10.6 Å². The van der Waals surface area contributed by atoms with Crippen LogP contribution in [0.4, 0.5) is 0 Å². The molecule has 0 bridgehead atoms. The average molecular weight is 237 g/mol. The summed E-state index contributed by atoms with van der Waals surface area (Å²) in [6.07, 6.45) is 10.00. The average Bonchev–Trinajstić information content (AvgIpc) is 2.37. The molecule has 0 aromatic rings. The highest BCUT2D eigenvalue weighted by molar-refractivity contribution is 5.79. The van der Waals surface area contributed by atoms with E-state index < -0.39 is 0 Å². The van der Waals surface area contributed by atoms with Gasteiger partial charge in [0.1, 0.15) is 0 Å². The van der Waals surface area contributed by atoms with Crippen molar-refractivity contribution in [2.24, 2.45) is 4.99 Å². The van der Waals surface area contributed by atoms with Gasteiger partial charge in [0.15, 0.2) is 5.96 Å². The SMILES string of the molecule is CCCN=C(NCC)NCCC1=CCCCC1. The summed E-state index contributed by atoms with van der Waals surface area (Å²) in [5.74, 6) is 0.964. The molecule has 0 aromatic carbocycles. The fourth-order valence-corrected chi connectivity index (χ4v) is 2.04. The zero-order chi connectivity index (χ0) is 12.3. The van der Waals surface area contributed by atoms with Crippen molar-refractivity contribution in [3.05, 3.63) is 11.6 Å². The van der Waals surface area contributed by atoms with E-state index in [9.17, 15) is 0 Å². The third-order valence-electron chi connectivity index (χ3n) is 2.96. The first-order chi connectivity index (χ1) is 8.36. The van der Waals surface area contributed by atoms with Crippen molar-refractivity contribution in [3.63, 3.8) is 0 Å². The van der Waals surface area contributed by atoms with Crippen molar-refractivity contribution >= 4 is 5.96 Å². The maximum absolute atomic E-state index is 4.49. The van der Waals surface area contributed by atoms with E-state index in [0.717, 1.165) is 38.4 Å². The molecule has 0 fully saturated rings. The van der Waals surface area contributed by atoms with E-state index in [-0.39, 0.29) is 0 Å². The normalized spacial score (nSPS) is 16.6. The molecule has 0 radical (unpaired) electrons. The first kappa shape index (κ1) is 14.1. The Morgan fingerprint density at radius 3 is 2.82 bits per heavy atom. The number of allylic oxidation sites excluding steroid dienone is 1. The van der Waals surface area contributed by atoms with Gasteiger partial charge in [0, 0.05) is 19.6 Å². The van der Waals surface area contributed by atoms with Crippen molar-refractivity contribution in [2.45, 2.75) is 52.4 Å². The molecule has 98 valence electrons. The number of nitrogens with zero attached hydrogens (tertiary/aromatic N) is 1. The third kappa shape index (κ3) is 6.35. The van der Waals surface area contributed by atoms with E-state index in [4.69, 9.17) is 0 Å². The Morgan fingerprint density at radius 1 is 1.29 bits per heavy atom. The van der Waals surface area contributed by atoms with Crippen molar-refractivity contribution in [1.82, 2.24) is 10.6 Å². The van der Waals surface area contributed by atoms with Gasteiger partial charge in [0.25, 0.3) is 0 Å². The van der Waals surface area contributed by atoms with E-state index in [1.54, 1.807) is 5.57 Å². The van der Waals surface area contributed by atoms with E-state index in [1.807, 2.05) is 0 Å². The van der Waals surface area contributed by atoms with Gasteiger partial charge in [0.05, 0.1) is 0 Å². The van der Waals surface area contributed by atoms with Crippen LogP contribution in [0.5, 0.6) is 0 Å². The first-order valence-corrected chi connectivity index (χ1v) is 7.07. The predicted molar refractivity (Wildman–Crippen MR) is 75.4 cm³/mol. The van der Waals surface area contributed by atoms with Gasteiger partial charge in [-0.2, -0.15) is 0 Å². The first-order valence-electron chi connectivity index (χ1n) is 7.07. The van der Waals surface area contributed by atoms with Crippen LogP contribution in [-0.4, -0.2) is 25.6 Å². The molecule has 1 aliphatic carbocycles. The van der Waals surface area contributed by atoms with Crippen LogP contribution in [0, 0.1) is 0 Å². The van der Waals surface area contributed by atoms with Crippen LogP contribution < -0.4 is 10.6 Å². The second kappa shape index (κ2) is 9.08. The lowest BCUT2D eigenvalue weighted by Crippen LogP contribution is -2.38. The van der Waals surface area contributed by atoms with Gasteiger partial charge in [-0.25, -0.2) is 0 Å². The minimum absolute atomic E-state index is 0.901. The largest absolute Gasteiger partial charge is 0.357 e. The van der Waals surface area contributed by atoms with Gasteiger partial charge >= 0.3 is 0 Å². The highest BCUT2D eigenvalue weighted by Crippen LogP contribution is 2.19. The standard InChI is InChI=1S/C14H27N3/c1-3-11-16-14(15-4-2)17-12-10-13-8-6-5-7-9-13/h8H,3-7,9-12H2,1-2H3,(H2,15,16,17). The molecule has 0 aromatic heterocycles. The molecule has 0 amide bonds. The van der Waals surface area contributed by atoms with Gasteiger partial charge in [-0.1, -0.05) is 18.6 Å². The molecular weight excluding hydrogens is 210 g/mol. The molecule has 1 aliphatic rings. The monoisotopic (exact) mass is 237 g/mol. The summed E-state index contributed by atoms with van der Waals surface area (Å²) >= 11 is 0. The number of hydrogen-bond donors (Lipinski definition) is 2. The molecule has 0 saturated carbocycles. The Hall–Kier alpha value is -0.990. The molecule has 3 heteroatoms. The van der Waals surface area contributed by atoms with Crippen molar-refractivity contribution in [3.8, 4) is 0 Å². The summed E-state index contributed by atoms with van der Waals surface area (Å²) in [6.45, 7) is 7.09. The highest BCUT2D eigenvalue weighted by Gasteiger charge is 2.03. The minimum atomic E-state index is 0.901. The second-order valence-electron chi connectivity index (χ2n) is 4.55. The molecule has 0 aliphatic heterocycles. The lowest BCUT2D eigenvalue weighted by atomic mass is 9.97. The van der Waals surface area contributed by atoms with Crippen LogP contribution in [0.2, 0.25) is 0 Å². The van der Waals surface area contributed by atoms with E-state index in [0.29, 0.717) is 0 Å².